The first kappa shape index (κ1) is 16.0. The van der Waals surface area contributed by atoms with Gasteiger partial charge in [-0.15, -0.1) is 0 Å². The lowest BCUT2D eigenvalue weighted by Crippen LogP contribution is -2.41. The van der Waals surface area contributed by atoms with Gasteiger partial charge in [-0.25, -0.2) is 9.97 Å². The fourth-order valence-corrected chi connectivity index (χ4v) is 2.35. The van der Waals surface area contributed by atoms with Gasteiger partial charge in [0.15, 0.2) is 0 Å². The third kappa shape index (κ3) is 3.38. The van der Waals surface area contributed by atoms with Crippen molar-refractivity contribution in [1.82, 2.24) is 9.97 Å². The van der Waals surface area contributed by atoms with Crippen molar-refractivity contribution in [2.24, 2.45) is 0 Å². The predicted octanol–water partition coefficient (Wildman–Crippen LogP) is 2.39. The van der Waals surface area contributed by atoms with Crippen molar-refractivity contribution in [2.45, 2.75) is 45.4 Å². The van der Waals surface area contributed by atoms with Crippen LogP contribution in [-0.4, -0.2) is 28.3 Å². The lowest BCUT2D eigenvalue weighted by atomic mass is 9.84. The van der Waals surface area contributed by atoms with Gasteiger partial charge in [0.25, 0.3) is 0 Å². The Morgan fingerprint density at radius 2 is 1.65 bits per heavy atom. The molecule has 120 valence electrons. The quantitative estimate of drug-likeness (QED) is 0.879. The molecule has 0 atom stereocenters. The van der Waals surface area contributed by atoms with E-state index in [2.05, 4.69) is 27.4 Å². The molecule has 0 amide bonds. The average molecular weight is 311 g/mol. The van der Waals surface area contributed by atoms with E-state index in [-0.39, 0.29) is 11.2 Å². The van der Waals surface area contributed by atoms with Crippen LogP contribution in [0.25, 0.3) is 0 Å². The van der Waals surface area contributed by atoms with Gasteiger partial charge in [0.05, 0.1) is 16.8 Å². The van der Waals surface area contributed by atoms with Crippen molar-refractivity contribution in [3.05, 3.63) is 48.3 Å². The molecule has 2 heterocycles. The third-order valence-corrected chi connectivity index (χ3v) is 4.50. The SMILES string of the molecule is CC1(C)OB(c2cc(NCc3ccccc3)ncn2)OC1(C)C. The van der Waals surface area contributed by atoms with Gasteiger partial charge in [-0.3, -0.25) is 0 Å². The molecule has 23 heavy (non-hydrogen) atoms. The van der Waals surface area contributed by atoms with E-state index in [0.717, 1.165) is 11.4 Å². The number of nitrogens with zero attached hydrogens (tertiary/aromatic N) is 2. The summed E-state index contributed by atoms with van der Waals surface area (Å²) in [6.45, 7) is 8.83. The molecule has 5 nitrogen and oxygen atoms in total. The molecule has 1 aromatic carbocycles. The molecule has 6 heteroatoms. The van der Waals surface area contributed by atoms with Crippen LogP contribution in [0, 0.1) is 0 Å². The first-order valence-electron chi connectivity index (χ1n) is 7.83. The van der Waals surface area contributed by atoms with Gasteiger partial charge in [-0.05, 0) is 39.3 Å². The maximum Gasteiger partial charge on any atom is 0.514 e. The van der Waals surface area contributed by atoms with Crippen molar-refractivity contribution in [1.29, 1.82) is 0 Å². The van der Waals surface area contributed by atoms with Crippen molar-refractivity contribution >= 4 is 18.5 Å². The summed E-state index contributed by atoms with van der Waals surface area (Å²) in [5, 5.41) is 3.30. The highest BCUT2D eigenvalue weighted by atomic mass is 16.7. The highest BCUT2D eigenvalue weighted by Gasteiger charge is 2.52. The van der Waals surface area contributed by atoms with Gasteiger partial charge in [0, 0.05) is 6.54 Å². The zero-order valence-electron chi connectivity index (χ0n) is 14.0. The van der Waals surface area contributed by atoms with Gasteiger partial charge in [0.1, 0.15) is 12.1 Å². The summed E-state index contributed by atoms with van der Waals surface area (Å²) in [5.41, 5.74) is 1.18. The molecular weight excluding hydrogens is 289 g/mol. The Bertz CT molecular complexity index is 661. The molecule has 1 saturated heterocycles. The predicted molar refractivity (Wildman–Crippen MR) is 91.5 cm³/mol. The lowest BCUT2D eigenvalue weighted by molar-refractivity contribution is 0.00578. The fourth-order valence-electron chi connectivity index (χ4n) is 2.35. The number of hydrogen-bond acceptors (Lipinski definition) is 5. The van der Waals surface area contributed by atoms with Crippen LogP contribution in [0.2, 0.25) is 0 Å². The zero-order valence-corrected chi connectivity index (χ0v) is 14.0. The third-order valence-electron chi connectivity index (χ3n) is 4.50. The first-order valence-corrected chi connectivity index (χ1v) is 7.83. The minimum absolute atomic E-state index is 0.375. The monoisotopic (exact) mass is 311 g/mol. The molecule has 2 aromatic rings. The first-order chi connectivity index (χ1) is 10.9. The number of aromatic nitrogens is 2. The maximum absolute atomic E-state index is 6.03. The van der Waals surface area contributed by atoms with Gasteiger partial charge in [-0.1, -0.05) is 30.3 Å². The normalized spacial score (nSPS) is 18.9. The van der Waals surface area contributed by atoms with E-state index in [1.807, 2.05) is 52.0 Å². The summed E-state index contributed by atoms with van der Waals surface area (Å²) in [7, 11) is -0.472. The lowest BCUT2D eigenvalue weighted by Gasteiger charge is -2.32. The van der Waals surface area contributed by atoms with E-state index in [1.54, 1.807) is 0 Å². The van der Waals surface area contributed by atoms with E-state index in [1.165, 1.54) is 11.9 Å². The number of hydrogen-bond donors (Lipinski definition) is 1. The molecule has 1 fully saturated rings. The van der Waals surface area contributed by atoms with Crippen molar-refractivity contribution in [2.75, 3.05) is 5.32 Å². The molecule has 1 N–H and O–H groups in total. The van der Waals surface area contributed by atoms with Crippen LogP contribution in [0.15, 0.2) is 42.7 Å². The molecule has 0 bridgehead atoms. The van der Waals surface area contributed by atoms with E-state index >= 15 is 0 Å². The van der Waals surface area contributed by atoms with Gasteiger partial charge in [0.2, 0.25) is 0 Å². The Morgan fingerprint density at radius 1 is 1.00 bits per heavy atom. The molecule has 1 aliphatic rings. The minimum atomic E-state index is -0.472. The zero-order chi connectivity index (χ0) is 16.5. The Kier molecular flexibility index (Phi) is 4.12. The highest BCUT2D eigenvalue weighted by Crippen LogP contribution is 2.36. The summed E-state index contributed by atoms with van der Waals surface area (Å²) < 4.78 is 12.1. The second-order valence-electron chi connectivity index (χ2n) is 6.76. The van der Waals surface area contributed by atoms with Crippen LogP contribution in [-0.2, 0) is 15.9 Å². The molecular formula is C17H22BN3O2. The summed E-state index contributed by atoms with van der Waals surface area (Å²) in [5.74, 6) is 0.758. The number of rotatable bonds is 4. The van der Waals surface area contributed by atoms with Crippen molar-refractivity contribution in [3.63, 3.8) is 0 Å². The fraction of sp³-hybridized carbons (Fsp3) is 0.412. The molecule has 0 aliphatic carbocycles. The summed E-state index contributed by atoms with van der Waals surface area (Å²) in [6, 6.07) is 12.1. The largest absolute Gasteiger partial charge is 0.514 e. The number of benzene rings is 1. The van der Waals surface area contributed by atoms with E-state index < -0.39 is 7.12 Å². The Labute approximate surface area is 137 Å². The molecule has 1 aliphatic heterocycles. The molecule has 1 aromatic heterocycles. The molecule has 0 spiro atoms. The van der Waals surface area contributed by atoms with E-state index in [4.69, 9.17) is 9.31 Å². The Balaban J connectivity index is 1.71. The standard InChI is InChI=1S/C17H22BN3O2/c1-16(2)17(3,4)23-18(22-16)14-10-15(21-12-20-14)19-11-13-8-6-5-7-9-13/h5-10,12H,11H2,1-4H3,(H,19,20,21). The number of anilines is 1. The van der Waals surface area contributed by atoms with E-state index in [9.17, 15) is 0 Å². The van der Waals surface area contributed by atoms with Crippen LogP contribution >= 0.6 is 0 Å². The molecule has 3 rings (SSSR count). The highest BCUT2D eigenvalue weighted by molar-refractivity contribution is 6.61. The van der Waals surface area contributed by atoms with Crippen LogP contribution in [0.4, 0.5) is 5.82 Å². The summed E-state index contributed by atoms with van der Waals surface area (Å²) >= 11 is 0. The minimum Gasteiger partial charge on any atom is -0.398 e. The van der Waals surface area contributed by atoms with E-state index in [0.29, 0.717) is 6.54 Å². The number of nitrogens with one attached hydrogen (secondary N) is 1. The van der Waals surface area contributed by atoms with Gasteiger partial charge in [-0.2, -0.15) is 0 Å². The summed E-state index contributed by atoms with van der Waals surface area (Å²) in [4.78, 5) is 8.57. The molecule has 0 saturated carbocycles. The average Bonchev–Trinajstić information content (AvgIpc) is 2.75. The van der Waals surface area contributed by atoms with Crippen LogP contribution in [0.1, 0.15) is 33.3 Å². The van der Waals surface area contributed by atoms with Crippen molar-refractivity contribution < 1.29 is 9.31 Å². The molecule has 0 radical (unpaired) electrons. The van der Waals surface area contributed by atoms with Crippen LogP contribution in [0.3, 0.4) is 0 Å². The van der Waals surface area contributed by atoms with Gasteiger partial charge >= 0.3 is 7.12 Å². The topological polar surface area (TPSA) is 56.3 Å². The molecule has 0 unspecified atom stereocenters. The van der Waals surface area contributed by atoms with Gasteiger partial charge < -0.3 is 14.6 Å². The Morgan fingerprint density at radius 3 is 2.30 bits per heavy atom. The van der Waals surface area contributed by atoms with Crippen LogP contribution in [0.5, 0.6) is 0 Å². The maximum atomic E-state index is 6.03. The smallest absolute Gasteiger partial charge is 0.398 e. The second kappa shape index (κ2) is 5.94. The summed E-state index contributed by atoms with van der Waals surface area (Å²) in [6.07, 6.45) is 1.54. The van der Waals surface area contributed by atoms with Crippen LogP contribution < -0.4 is 10.9 Å². The Hall–Kier alpha value is -1.92. The second-order valence-corrected chi connectivity index (χ2v) is 6.76. The van der Waals surface area contributed by atoms with Crippen molar-refractivity contribution in [3.8, 4) is 0 Å².